The zero-order valence-electron chi connectivity index (χ0n) is 13.7. The largest absolute Gasteiger partial charge is 0.493 e. The van der Waals surface area contributed by atoms with Crippen molar-refractivity contribution in [2.24, 2.45) is 11.7 Å². The Bertz CT molecular complexity index is 558. The topological polar surface area (TPSA) is 64.8 Å². The molecule has 1 aliphatic rings. The van der Waals surface area contributed by atoms with Gasteiger partial charge in [-0.3, -0.25) is 4.79 Å². The van der Waals surface area contributed by atoms with Gasteiger partial charge in [-0.15, -0.1) is 12.4 Å². The standard InChI is InChI=1S/C16H22F2N2O3.ClH/c1-10(19)12-4-3-7-20(9-12)15(21)11-5-6-13(22-2)14(8-11)23-16(17)18;/h5-6,8,10,12,16H,3-4,7,9,19H2,1-2H3;1H. The Balaban J connectivity index is 0.00000288. The highest BCUT2D eigenvalue weighted by Crippen LogP contribution is 2.30. The third kappa shape index (κ3) is 4.95. The summed E-state index contributed by atoms with van der Waals surface area (Å²) < 4.78 is 34.4. The Morgan fingerprint density at radius 1 is 1.38 bits per heavy atom. The van der Waals surface area contributed by atoms with Crippen molar-refractivity contribution in [2.45, 2.75) is 32.4 Å². The normalized spacial score (nSPS) is 18.8. The van der Waals surface area contributed by atoms with Crippen molar-refractivity contribution in [3.8, 4) is 11.5 Å². The first-order chi connectivity index (χ1) is 10.9. The van der Waals surface area contributed by atoms with E-state index in [1.165, 1.54) is 19.2 Å². The molecule has 1 heterocycles. The Morgan fingerprint density at radius 3 is 2.67 bits per heavy atom. The van der Waals surface area contributed by atoms with Gasteiger partial charge in [0.05, 0.1) is 7.11 Å². The predicted molar refractivity (Wildman–Crippen MR) is 89.2 cm³/mol. The van der Waals surface area contributed by atoms with Crippen molar-refractivity contribution in [1.82, 2.24) is 4.90 Å². The van der Waals surface area contributed by atoms with E-state index >= 15 is 0 Å². The number of nitrogens with two attached hydrogens (primary N) is 1. The van der Waals surface area contributed by atoms with Crippen LogP contribution in [-0.4, -0.2) is 43.7 Å². The summed E-state index contributed by atoms with van der Waals surface area (Å²) in [4.78, 5) is 14.3. The molecule has 1 fully saturated rings. The summed E-state index contributed by atoms with van der Waals surface area (Å²) in [6.45, 7) is 0.166. The van der Waals surface area contributed by atoms with Gasteiger partial charge in [-0.1, -0.05) is 0 Å². The summed E-state index contributed by atoms with van der Waals surface area (Å²) in [5, 5.41) is 0. The van der Waals surface area contributed by atoms with Crippen LogP contribution in [0.5, 0.6) is 11.5 Å². The van der Waals surface area contributed by atoms with E-state index in [0.29, 0.717) is 18.7 Å². The van der Waals surface area contributed by atoms with Crippen LogP contribution in [-0.2, 0) is 0 Å². The number of carbonyl (C=O) groups excluding carboxylic acids is 1. The first-order valence-electron chi connectivity index (χ1n) is 7.60. The summed E-state index contributed by atoms with van der Waals surface area (Å²) in [6.07, 6.45) is 1.87. The van der Waals surface area contributed by atoms with Crippen LogP contribution in [0, 0.1) is 5.92 Å². The summed E-state index contributed by atoms with van der Waals surface area (Å²) in [6, 6.07) is 4.31. The number of amides is 1. The van der Waals surface area contributed by atoms with Gasteiger partial charge in [-0.05, 0) is 43.9 Å². The number of piperidine rings is 1. The van der Waals surface area contributed by atoms with Crippen molar-refractivity contribution >= 4 is 18.3 Å². The molecule has 1 amide bonds. The van der Waals surface area contributed by atoms with E-state index < -0.39 is 6.61 Å². The maximum atomic E-state index is 12.6. The molecule has 2 rings (SSSR count). The maximum Gasteiger partial charge on any atom is 0.387 e. The van der Waals surface area contributed by atoms with Gasteiger partial charge >= 0.3 is 6.61 Å². The fraction of sp³-hybridized carbons (Fsp3) is 0.562. The monoisotopic (exact) mass is 364 g/mol. The molecule has 1 aromatic carbocycles. The van der Waals surface area contributed by atoms with Crippen molar-refractivity contribution in [1.29, 1.82) is 0 Å². The number of rotatable bonds is 5. The molecule has 136 valence electrons. The van der Waals surface area contributed by atoms with Crippen LogP contribution >= 0.6 is 12.4 Å². The number of nitrogens with zero attached hydrogens (tertiary/aromatic N) is 1. The van der Waals surface area contributed by atoms with E-state index in [9.17, 15) is 13.6 Å². The Morgan fingerprint density at radius 2 is 2.08 bits per heavy atom. The molecular weight excluding hydrogens is 342 g/mol. The van der Waals surface area contributed by atoms with Crippen LogP contribution in [0.4, 0.5) is 8.78 Å². The molecule has 0 aliphatic carbocycles. The second-order valence-corrected chi connectivity index (χ2v) is 5.76. The minimum Gasteiger partial charge on any atom is -0.493 e. The zero-order valence-corrected chi connectivity index (χ0v) is 14.5. The van der Waals surface area contributed by atoms with Crippen molar-refractivity contribution in [2.75, 3.05) is 20.2 Å². The minimum atomic E-state index is -2.98. The lowest BCUT2D eigenvalue weighted by atomic mass is 9.92. The van der Waals surface area contributed by atoms with E-state index in [2.05, 4.69) is 4.74 Å². The number of ether oxygens (including phenoxy) is 2. The lowest BCUT2D eigenvalue weighted by Crippen LogP contribution is -2.45. The van der Waals surface area contributed by atoms with Crippen LogP contribution in [0.1, 0.15) is 30.1 Å². The lowest BCUT2D eigenvalue weighted by molar-refractivity contribution is -0.0512. The number of carbonyl (C=O) groups is 1. The van der Waals surface area contributed by atoms with Gasteiger partial charge in [0.25, 0.3) is 5.91 Å². The summed E-state index contributed by atoms with van der Waals surface area (Å²) in [5.41, 5.74) is 6.23. The fourth-order valence-corrected chi connectivity index (χ4v) is 2.80. The summed E-state index contributed by atoms with van der Waals surface area (Å²) in [5.74, 6) is 0.0582. The van der Waals surface area contributed by atoms with Crippen LogP contribution in [0.2, 0.25) is 0 Å². The summed E-state index contributed by atoms with van der Waals surface area (Å²) in [7, 11) is 1.35. The quantitative estimate of drug-likeness (QED) is 0.872. The molecule has 1 aromatic rings. The highest BCUT2D eigenvalue weighted by molar-refractivity contribution is 5.95. The SMILES string of the molecule is COc1ccc(C(=O)N2CCCC(C(C)N)C2)cc1OC(F)F.Cl. The van der Waals surface area contributed by atoms with Gasteiger partial charge in [-0.2, -0.15) is 8.78 Å². The minimum absolute atomic E-state index is 0. The third-order valence-corrected chi connectivity index (χ3v) is 4.12. The van der Waals surface area contributed by atoms with Gasteiger partial charge in [-0.25, -0.2) is 0 Å². The molecule has 1 aliphatic heterocycles. The molecule has 0 radical (unpaired) electrons. The van der Waals surface area contributed by atoms with E-state index in [4.69, 9.17) is 10.5 Å². The van der Waals surface area contributed by atoms with Gasteiger partial charge in [0.15, 0.2) is 11.5 Å². The van der Waals surface area contributed by atoms with Crippen LogP contribution in [0.15, 0.2) is 18.2 Å². The molecule has 0 spiro atoms. The first-order valence-corrected chi connectivity index (χ1v) is 7.60. The lowest BCUT2D eigenvalue weighted by Gasteiger charge is -2.34. The van der Waals surface area contributed by atoms with E-state index in [0.717, 1.165) is 12.8 Å². The van der Waals surface area contributed by atoms with E-state index in [1.807, 2.05) is 6.92 Å². The van der Waals surface area contributed by atoms with Crippen molar-refractivity contribution in [3.05, 3.63) is 23.8 Å². The molecule has 2 atom stereocenters. The number of benzene rings is 1. The van der Waals surface area contributed by atoms with Gasteiger partial charge in [0, 0.05) is 24.7 Å². The molecule has 2 N–H and O–H groups in total. The Hall–Kier alpha value is -1.60. The van der Waals surface area contributed by atoms with Gasteiger partial charge in [0.2, 0.25) is 0 Å². The van der Waals surface area contributed by atoms with Crippen molar-refractivity contribution in [3.63, 3.8) is 0 Å². The average Bonchev–Trinajstić information content (AvgIpc) is 2.53. The Labute approximate surface area is 146 Å². The average molecular weight is 365 g/mol. The van der Waals surface area contributed by atoms with Gasteiger partial charge in [0.1, 0.15) is 0 Å². The second-order valence-electron chi connectivity index (χ2n) is 5.76. The van der Waals surface area contributed by atoms with Crippen LogP contribution in [0.25, 0.3) is 0 Å². The molecule has 0 bridgehead atoms. The molecule has 0 saturated carbocycles. The number of hydrogen-bond donors (Lipinski definition) is 1. The highest BCUT2D eigenvalue weighted by Gasteiger charge is 2.27. The number of likely N-dealkylation sites (tertiary alicyclic amines) is 1. The number of methoxy groups -OCH3 is 1. The van der Waals surface area contributed by atoms with Crippen LogP contribution in [0.3, 0.4) is 0 Å². The molecule has 2 unspecified atom stereocenters. The Kier molecular flexibility index (Phi) is 7.69. The summed E-state index contributed by atoms with van der Waals surface area (Å²) >= 11 is 0. The third-order valence-electron chi connectivity index (χ3n) is 4.12. The highest BCUT2D eigenvalue weighted by atomic mass is 35.5. The molecule has 1 saturated heterocycles. The predicted octanol–water partition coefficient (Wildman–Crippen LogP) is 2.92. The molecule has 8 heteroatoms. The molecule has 0 aromatic heterocycles. The van der Waals surface area contributed by atoms with E-state index in [1.54, 1.807) is 11.0 Å². The first kappa shape index (κ1) is 20.4. The number of halogens is 3. The van der Waals surface area contributed by atoms with Crippen LogP contribution < -0.4 is 15.2 Å². The van der Waals surface area contributed by atoms with Gasteiger partial charge < -0.3 is 20.1 Å². The fourth-order valence-electron chi connectivity index (χ4n) is 2.80. The number of hydrogen-bond acceptors (Lipinski definition) is 4. The second kappa shape index (κ2) is 9.03. The van der Waals surface area contributed by atoms with Crippen molar-refractivity contribution < 1.29 is 23.0 Å². The maximum absolute atomic E-state index is 12.6. The number of alkyl halides is 2. The smallest absolute Gasteiger partial charge is 0.387 e. The molecular formula is C16H23ClF2N2O3. The molecule has 5 nitrogen and oxygen atoms in total. The van der Waals surface area contributed by atoms with E-state index in [-0.39, 0.29) is 41.8 Å². The zero-order chi connectivity index (χ0) is 17.0. The molecule has 24 heavy (non-hydrogen) atoms.